The highest BCUT2D eigenvalue weighted by Crippen LogP contribution is 0.692. The van der Waals surface area contributed by atoms with E-state index in [1.165, 1.54) is 7.05 Å². The monoisotopic (exact) mass is 150 g/mol. The first kappa shape index (κ1) is 66.7. The fraction of sp³-hybridized carbons (Fsp3) is 1.00. The molecular formula is CH8BCl3N. The number of hydrogen-bond acceptors (Lipinski definition) is 1. The summed E-state index contributed by atoms with van der Waals surface area (Å²) in [5, 5.41) is 0. The van der Waals surface area contributed by atoms with Gasteiger partial charge in [0.05, 0.1) is 0 Å². The molecule has 41 valence electrons. The third-order valence-corrected chi connectivity index (χ3v) is 0. The van der Waals surface area contributed by atoms with Crippen molar-refractivity contribution in [3.63, 3.8) is 0 Å². The molecule has 0 rings (SSSR count). The largest absolute Gasteiger partial charge is 0.333 e. The summed E-state index contributed by atoms with van der Waals surface area (Å²) in [5.74, 6) is 0. The Morgan fingerprint density at radius 1 is 0.833 bits per heavy atom. The quantitative estimate of drug-likeness (QED) is 0.500. The maximum atomic E-state index is 4.50. The summed E-state index contributed by atoms with van der Waals surface area (Å²) in [6.45, 7) is 0. The van der Waals surface area contributed by atoms with Gasteiger partial charge in [0.15, 0.2) is 0 Å². The van der Waals surface area contributed by atoms with Gasteiger partial charge in [-0.1, -0.05) is 0 Å². The molecule has 0 aliphatic carbocycles. The van der Waals surface area contributed by atoms with E-state index in [9.17, 15) is 0 Å². The van der Waals surface area contributed by atoms with Gasteiger partial charge in [-0.3, -0.25) is 0 Å². The van der Waals surface area contributed by atoms with Gasteiger partial charge >= 0.3 is 0 Å². The smallest absolute Gasteiger partial charge is 0 e. The molecule has 0 spiro atoms. The second kappa shape index (κ2) is 176. The van der Waals surface area contributed by atoms with Crippen molar-refractivity contribution >= 4 is 45.6 Å². The topological polar surface area (TPSA) is 26.0 Å². The Morgan fingerprint density at radius 3 is 0.833 bits per heavy atom. The van der Waals surface area contributed by atoms with Crippen LogP contribution in [0.4, 0.5) is 0 Å². The molecule has 0 saturated carbocycles. The van der Waals surface area contributed by atoms with E-state index >= 15 is 0 Å². The zero-order valence-corrected chi connectivity index (χ0v) is 5.83. The van der Waals surface area contributed by atoms with E-state index in [1.807, 2.05) is 0 Å². The first-order chi connectivity index (χ1) is 1.00. The standard InChI is InChI=1S/CH5N.B.3ClH/c1-2;;;;/h2H2,1H3;;3*1H. The minimum Gasteiger partial charge on any atom is -0.333 e. The molecule has 0 unspecified atom stereocenters. The Labute approximate surface area is 58.9 Å². The lowest BCUT2D eigenvalue weighted by Crippen LogP contribution is -1.69. The van der Waals surface area contributed by atoms with E-state index in [2.05, 4.69) is 5.73 Å². The van der Waals surface area contributed by atoms with E-state index < -0.39 is 0 Å². The van der Waals surface area contributed by atoms with Gasteiger partial charge in [-0.05, 0) is 7.05 Å². The summed E-state index contributed by atoms with van der Waals surface area (Å²) >= 11 is 0. The predicted octanol–water partition coefficient (Wildman–Crippen LogP) is 0.459. The number of rotatable bonds is 0. The van der Waals surface area contributed by atoms with Crippen LogP contribution in [-0.4, -0.2) is 15.5 Å². The number of halogens is 3. The van der Waals surface area contributed by atoms with Crippen LogP contribution in [0.25, 0.3) is 0 Å². The fourth-order valence-electron chi connectivity index (χ4n) is 0. The van der Waals surface area contributed by atoms with Gasteiger partial charge < -0.3 is 5.73 Å². The Kier molecular flexibility index (Phi) is 1960. The highest BCUT2D eigenvalue weighted by atomic mass is 35.5. The average molecular weight is 151 g/mol. The highest BCUT2D eigenvalue weighted by Gasteiger charge is 0.836. The minimum absolute atomic E-state index is 0. The van der Waals surface area contributed by atoms with Crippen LogP contribution in [0.2, 0.25) is 0 Å². The predicted molar refractivity (Wildman–Crippen MR) is 37.6 cm³/mol. The average Bonchev–Trinajstić information content (AvgIpc) is 1.00. The molecule has 0 bridgehead atoms. The van der Waals surface area contributed by atoms with Crippen LogP contribution in [0.3, 0.4) is 0 Å². The third kappa shape index (κ3) is 92.7. The zero-order valence-electron chi connectivity index (χ0n) is 3.38. The summed E-state index contributed by atoms with van der Waals surface area (Å²) in [6, 6.07) is 0. The van der Waals surface area contributed by atoms with Gasteiger partial charge in [0.1, 0.15) is 0 Å². The highest BCUT2D eigenvalue weighted by molar-refractivity contribution is 5.86. The summed E-state index contributed by atoms with van der Waals surface area (Å²) in [6.07, 6.45) is 0. The van der Waals surface area contributed by atoms with Crippen molar-refractivity contribution in [3.8, 4) is 0 Å². The molecule has 0 heterocycles. The van der Waals surface area contributed by atoms with Crippen molar-refractivity contribution in [3.05, 3.63) is 0 Å². The second-order valence-corrected chi connectivity index (χ2v) is 0. The first-order valence-electron chi connectivity index (χ1n) is 0.577. The van der Waals surface area contributed by atoms with Crippen LogP contribution < -0.4 is 5.73 Å². The molecule has 1 nitrogen and oxygen atoms in total. The maximum absolute atomic E-state index is 4.50. The van der Waals surface area contributed by atoms with Crippen molar-refractivity contribution in [1.82, 2.24) is 0 Å². The molecule has 0 aromatic rings. The summed E-state index contributed by atoms with van der Waals surface area (Å²) in [5.41, 5.74) is 4.50. The lowest BCUT2D eigenvalue weighted by Gasteiger charge is -1.19. The lowest BCUT2D eigenvalue weighted by molar-refractivity contribution is 1.48. The van der Waals surface area contributed by atoms with E-state index in [0.29, 0.717) is 0 Å². The lowest BCUT2D eigenvalue weighted by atomic mass is 10.8. The van der Waals surface area contributed by atoms with Crippen LogP contribution in [0.5, 0.6) is 0 Å². The van der Waals surface area contributed by atoms with Crippen molar-refractivity contribution in [1.29, 1.82) is 0 Å². The first-order valence-corrected chi connectivity index (χ1v) is 0.577. The van der Waals surface area contributed by atoms with Crippen molar-refractivity contribution in [2.45, 2.75) is 0 Å². The molecule has 0 atom stereocenters. The van der Waals surface area contributed by atoms with Gasteiger partial charge in [-0.2, -0.15) is 0 Å². The Bertz CT molecular complexity index is 10.8. The molecule has 6 heavy (non-hydrogen) atoms. The summed E-state index contributed by atoms with van der Waals surface area (Å²) in [4.78, 5) is 0. The van der Waals surface area contributed by atoms with Gasteiger partial charge in [-0.25, -0.2) is 0 Å². The Hall–Kier alpha value is 0.895. The van der Waals surface area contributed by atoms with E-state index in [0.717, 1.165) is 0 Å². The van der Waals surface area contributed by atoms with Gasteiger partial charge in [0.25, 0.3) is 0 Å². The molecule has 0 aliphatic heterocycles. The van der Waals surface area contributed by atoms with Crippen molar-refractivity contribution in [2.24, 2.45) is 5.73 Å². The van der Waals surface area contributed by atoms with Crippen LogP contribution in [-0.2, 0) is 0 Å². The van der Waals surface area contributed by atoms with Crippen molar-refractivity contribution in [2.75, 3.05) is 7.05 Å². The van der Waals surface area contributed by atoms with Crippen molar-refractivity contribution < 1.29 is 0 Å². The molecule has 0 amide bonds. The van der Waals surface area contributed by atoms with E-state index in [1.54, 1.807) is 0 Å². The molecule has 0 saturated heterocycles. The fourth-order valence-corrected chi connectivity index (χ4v) is 0. The number of nitrogens with two attached hydrogens (primary N) is 1. The second-order valence-electron chi connectivity index (χ2n) is 0. The zero-order chi connectivity index (χ0) is 2.00. The Balaban J connectivity index is -0.000000000833. The van der Waals surface area contributed by atoms with E-state index in [-0.39, 0.29) is 45.6 Å². The molecule has 0 aromatic heterocycles. The normalized spacial score (nSPS) is 1.00. The van der Waals surface area contributed by atoms with Gasteiger partial charge in [0, 0.05) is 8.41 Å². The number of hydrogen-bond donors (Lipinski definition) is 1. The third-order valence-electron chi connectivity index (χ3n) is 0. The van der Waals surface area contributed by atoms with Crippen LogP contribution in [0.15, 0.2) is 0 Å². The molecule has 0 aromatic carbocycles. The molecule has 2 N–H and O–H groups in total. The molecule has 5 heteroatoms. The minimum atomic E-state index is 0. The summed E-state index contributed by atoms with van der Waals surface area (Å²) < 4.78 is 0. The van der Waals surface area contributed by atoms with Gasteiger partial charge in [-0.15, -0.1) is 37.2 Å². The van der Waals surface area contributed by atoms with Crippen LogP contribution in [0, 0.1) is 0 Å². The van der Waals surface area contributed by atoms with Crippen LogP contribution in [0.1, 0.15) is 0 Å². The summed E-state index contributed by atoms with van der Waals surface area (Å²) in [7, 11) is 1.50. The molecule has 0 aliphatic rings. The van der Waals surface area contributed by atoms with Gasteiger partial charge in [0.2, 0.25) is 0 Å². The Morgan fingerprint density at radius 2 is 0.833 bits per heavy atom. The van der Waals surface area contributed by atoms with Crippen LogP contribution >= 0.6 is 37.2 Å². The van der Waals surface area contributed by atoms with E-state index in [4.69, 9.17) is 0 Å². The molecule has 0 fully saturated rings. The molecular weight excluding hydrogens is 143 g/mol. The maximum Gasteiger partial charge on any atom is 0 e. The molecule has 3 radical (unpaired) electrons. The SMILES string of the molecule is CN.Cl.Cl.Cl.[B].